The van der Waals surface area contributed by atoms with Gasteiger partial charge in [0.15, 0.2) is 0 Å². The van der Waals surface area contributed by atoms with Gasteiger partial charge in [-0.2, -0.15) is 0 Å². The molecule has 0 bridgehead atoms. The van der Waals surface area contributed by atoms with E-state index >= 15 is 0 Å². The summed E-state index contributed by atoms with van der Waals surface area (Å²) in [5.74, 6) is -3.21. The van der Waals surface area contributed by atoms with E-state index in [9.17, 15) is 18.4 Å². The van der Waals surface area contributed by atoms with Crippen molar-refractivity contribution in [2.45, 2.75) is 6.42 Å². The summed E-state index contributed by atoms with van der Waals surface area (Å²) in [5, 5.41) is 9.07. The highest BCUT2D eigenvalue weighted by Crippen LogP contribution is 2.18. The molecule has 0 saturated heterocycles. The van der Waals surface area contributed by atoms with Crippen LogP contribution in [0.25, 0.3) is 11.4 Å². The number of carboxylic acids is 1. The molecule has 0 aliphatic rings. The zero-order chi connectivity index (χ0) is 16.3. The van der Waals surface area contributed by atoms with Crippen LogP contribution in [0, 0.1) is 11.6 Å². The number of aromatic nitrogens is 2. The molecule has 22 heavy (non-hydrogen) atoms. The lowest BCUT2D eigenvalue weighted by atomic mass is 10.1. The molecule has 2 aromatic rings. The molecule has 0 aliphatic carbocycles. The van der Waals surface area contributed by atoms with Gasteiger partial charge in [0.05, 0.1) is 12.3 Å². The van der Waals surface area contributed by atoms with Crippen LogP contribution in [0.2, 0.25) is 0 Å². The standard InChI is InChI=1S/C14H12F2N2O4/c1-22-3-2-10-11(14(20)21)13(19)18-12(17-10)7-4-8(15)6-9(16)5-7/h4-6H,2-3H2,1H3,(H,20,21)(H,17,18,19). The minimum absolute atomic E-state index is 0.00482. The van der Waals surface area contributed by atoms with E-state index in [0.29, 0.717) is 6.07 Å². The van der Waals surface area contributed by atoms with Crippen molar-refractivity contribution < 1.29 is 23.4 Å². The van der Waals surface area contributed by atoms with Crippen LogP contribution in [0.4, 0.5) is 8.78 Å². The third kappa shape index (κ3) is 3.34. The Morgan fingerprint density at radius 2 is 1.95 bits per heavy atom. The number of aromatic amines is 1. The van der Waals surface area contributed by atoms with Crippen molar-refractivity contribution in [2.75, 3.05) is 13.7 Å². The molecule has 0 fully saturated rings. The molecule has 0 spiro atoms. The van der Waals surface area contributed by atoms with E-state index in [1.54, 1.807) is 0 Å². The third-order valence-corrected chi connectivity index (χ3v) is 2.89. The van der Waals surface area contributed by atoms with Crippen molar-refractivity contribution in [3.63, 3.8) is 0 Å². The molecule has 0 unspecified atom stereocenters. The lowest BCUT2D eigenvalue weighted by Crippen LogP contribution is -2.23. The SMILES string of the molecule is COCCc1nc(-c2cc(F)cc(F)c2)[nH]c(=O)c1C(=O)O. The Balaban J connectivity index is 2.60. The normalized spacial score (nSPS) is 10.7. The molecule has 0 radical (unpaired) electrons. The number of carboxylic acid groups (broad SMARTS) is 1. The Bertz CT molecular complexity index is 754. The number of benzene rings is 1. The first-order chi connectivity index (χ1) is 10.4. The first kappa shape index (κ1) is 15.8. The summed E-state index contributed by atoms with van der Waals surface area (Å²) in [5.41, 5.74) is -1.42. The largest absolute Gasteiger partial charge is 0.477 e. The van der Waals surface area contributed by atoms with E-state index in [1.807, 2.05) is 0 Å². The molecular weight excluding hydrogens is 298 g/mol. The Kier molecular flexibility index (Phi) is 4.62. The Hall–Kier alpha value is -2.61. The van der Waals surface area contributed by atoms with Crippen molar-refractivity contribution in [1.82, 2.24) is 9.97 Å². The lowest BCUT2D eigenvalue weighted by Gasteiger charge is -2.08. The van der Waals surface area contributed by atoms with Crippen LogP contribution in [0.15, 0.2) is 23.0 Å². The first-order valence-electron chi connectivity index (χ1n) is 6.24. The number of rotatable bonds is 5. The third-order valence-electron chi connectivity index (χ3n) is 2.89. The van der Waals surface area contributed by atoms with Gasteiger partial charge in [-0.1, -0.05) is 0 Å². The van der Waals surface area contributed by atoms with Gasteiger partial charge in [0, 0.05) is 25.2 Å². The summed E-state index contributed by atoms with van der Waals surface area (Å²) < 4.78 is 31.3. The van der Waals surface area contributed by atoms with Crippen LogP contribution >= 0.6 is 0 Å². The van der Waals surface area contributed by atoms with Gasteiger partial charge in [-0.25, -0.2) is 18.6 Å². The second-order valence-corrected chi connectivity index (χ2v) is 4.44. The number of nitrogens with one attached hydrogen (secondary N) is 1. The van der Waals surface area contributed by atoms with Gasteiger partial charge in [0.1, 0.15) is 23.0 Å². The van der Waals surface area contributed by atoms with Crippen molar-refractivity contribution in [3.8, 4) is 11.4 Å². The number of H-pyrrole nitrogens is 1. The minimum atomic E-state index is -1.43. The topological polar surface area (TPSA) is 92.3 Å². The Morgan fingerprint density at radius 3 is 2.50 bits per heavy atom. The Morgan fingerprint density at radius 1 is 1.32 bits per heavy atom. The maximum absolute atomic E-state index is 13.3. The fourth-order valence-corrected chi connectivity index (χ4v) is 1.95. The number of halogens is 2. The highest BCUT2D eigenvalue weighted by Gasteiger charge is 2.19. The number of hydrogen-bond acceptors (Lipinski definition) is 4. The molecule has 6 nitrogen and oxygen atoms in total. The maximum Gasteiger partial charge on any atom is 0.343 e. The highest BCUT2D eigenvalue weighted by molar-refractivity contribution is 5.88. The van der Waals surface area contributed by atoms with Crippen LogP contribution in [0.5, 0.6) is 0 Å². The van der Waals surface area contributed by atoms with E-state index in [4.69, 9.17) is 9.84 Å². The van der Waals surface area contributed by atoms with Crippen LogP contribution in [-0.2, 0) is 11.2 Å². The second kappa shape index (κ2) is 6.44. The van der Waals surface area contributed by atoms with Crippen molar-refractivity contribution in [2.24, 2.45) is 0 Å². The zero-order valence-electron chi connectivity index (χ0n) is 11.5. The fraction of sp³-hybridized carbons (Fsp3) is 0.214. The van der Waals surface area contributed by atoms with Gasteiger partial charge in [0.2, 0.25) is 0 Å². The molecule has 2 rings (SSSR count). The predicted octanol–water partition coefficient (Wildman–Crippen LogP) is 1.60. The van der Waals surface area contributed by atoms with Gasteiger partial charge in [-0.15, -0.1) is 0 Å². The summed E-state index contributed by atoms with van der Waals surface area (Å²) in [6.07, 6.45) is 0.0762. The highest BCUT2D eigenvalue weighted by atomic mass is 19.1. The average molecular weight is 310 g/mol. The molecule has 0 saturated carbocycles. The summed E-state index contributed by atoms with van der Waals surface area (Å²) >= 11 is 0. The lowest BCUT2D eigenvalue weighted by molar-refractivity contribution is 0.0692. The molecule has 8 heteroatoms. The minimum Gasteiger partial charge on any atom is -0.477 e. The monoisotopic (exact) mass is 310 g/mol. The van der Waals surface area contributed by atoms with E-state index in [-0.39, 0.29) is 30.1 Å². The van der Waals surface area contributed by atoms with Crippen molar-refractivity contribution in [3.05, 3.63) is 51.4 Å². The number of methoxy groups -OCH3 is 1. The zero-order valence-corrected chi connectivity index (χ0v) is 11.5. The fourth-order valence-electron chi connectivity index (χ4n) is 1.95. The van der Waals surface area contributed by atoms with Gasteiger partial charge in [-0.05, 0) is 12.1 Å². The number of hydrogen-bond donors (Lipinski definition) is 2. The summed E-state index contributed by atoms with van der Waals surface area (Å²) in [7, 11) is 1.41. The molecule has 0 atom stereocenters. The van der Waals surface area contributed by atoms with Crippen LogP contribution in [0.3, 0.4) is 0 Å². The predicted molar refractivity (Wildman–Crippen MR) is 72.7 cm³/mol. The molecule has 0 aliphatic heterocycles. The van der Waals surface area contributed by atoms with E-state index < -0.39 is 28.7 Å². The van der Waals surface area contributed by atoms with Gasteiger partial charge in [0.25, 0.3) is 5.56 Å². The summed E-state index contributed by atoms with van der Waals surface area (Å²) in [6.45, 7) is 0.147. The number of carbonyl (C=O) groups is 1. The van der Waals surface area contributed by atoms with Gasteiger partial charge >= 0.3 is 5.97 Å². The van der Waals surface area contributed by atoms with Gasteiger partial charge < -0.3 is 14.8 Å². The van der Waals surface area contributed by atoms with Crippen molar-refractivity contribution in [1.29, 1.82) is 0 Å². The number of ether oxygens (including phenoxy) is 1. The average Bonchev–Trinajstić information content (AvgIpc) is 2.42. The quantitative estimate of drug-likeness (QED) is 0.875. The van der Waals surface area contributed by atoms with Gasteiger partial charge in [-0.3, -0.25) is 4.79 Å². The second-order valence-electron chi connectivity index (χ2n) is 4.44. The smallest absolute Gasteiger partial charge is 0.343 e. The Labute approximate surface area is 123 Å². The van der Waals surface area contributed by atoms with E-state index in [1.165, 1.54) is 7.11 Å². The molecular formula is C14H12F2N2O4. The molecule has 2 N–H and O–H groups in total. The number of nitrogens with zero attached hydrogens (tertiary/aromatic N) is 1. The summed E-state index contributed by atoms with van der Waals surface area (Å²) in [6, 6.07) is 2.66. The van der Waals surface area contributed by atoms with E-state index in [0.717, 1.165) is 12.1 Å². The number of aromatic carboxylic acids is 1. The maximum atomic E-state index is 13.3. The molecule has 0 amide bonds. The molecule has 1 heterocycles. The van der Waals surface area contributed by atoms with Crippen LogP contribution < -0.4 is 5.56 Å². The van der Waals surface area contributed by atoms with Crippen LogP contribution in [0.1, 0.15) is 16.1 Å². The summed E-state index contributed by atoms with van der Waals surface area (Å²) in [4.78, 5) is 29.3. The van der Waals surface area contributed by atoms with Crippen LogP contribution in [-0.4, -0.2) is 34.8 Å². The molecule has 116 valence electrons. The van der Waals surface area contributed by atoms with Crippen molar-refractivity contribution >= 4 is 5.97 Å². The van der Waals surface area contributed by atoms with E-state index in [2.05, 4.69) is 9.97 Å². The first-order valence-corrected chi connectivity index (χ1v) is 6.24. The molecule has 1 aromatic carbocycles. The molecule has 1 aromatic heterocycles.